The van der Waals surface area contributed by atoms with Crippen LogP contribution in [-0.4, -0.2) is 92.8 Å². The Labute approximate surface area is 181 Å². The number of rotatable bonds is 7. The summed E-state index contributed by atoms with van der Waals surface area (Å²) in [7, 11) is 2.11. The van der Waals surface area contributed by atoms with Crippen molar-refractivity contribution in [3.8, 4) is 0 Å². The molecule has 3 N–H and O–H groups in total. The molecule has 2 aromatic heterocycles. The number of aliphatic hydroxyl groups excluding tert-OH is 1. The molecule has 1 saturated heterocycles. The second kappa shape index (κ2) is 11.6. The van der Waals surface area contributed by atoms with Crippen molar-refractivity contribution in [2.24, 2.45) is 0 Å². The van der Waals surface area contributed by atoms with Gasteiger partial charge in [-0.15, -0.1) is 0 Å². The van der Waals surface area contributed by atoms with Crippen molar-refractivity contribution in [3.63, 3.8) is 0 Å². The lowest BCUT2D eigenvalue weighted by Crippen LogP contribution is -2.43. The Hall–Kier alpha value is -2.97. The highest BCUT2D eigenvalue weighted by atomic mass is 19.4. The van der Waals surface area contributed by atoms with Gasteiger partial charge in [-0.2, -0.15) is 18.3 Å². The number of nitrogens with one attached hydrogen (secondary N) is 1. The van der Waals surface area contributed by atoms with E-state index < -0.39 is 12.1 Å². The van der Waals surface area contributed by atoms with Gasteiger partial charge in [0.05, 0.1) is 25.9 Å². The molecule has 14 heteroatoms. The Kier molecular flexibility index (Phi) is 9.16. The number of carbonyl (C=O) groups excluding carboxylic acids is 1. The van der Waals surface area contributed by atoms with Gasteiger partial charge >= 0.3 is 12.1 Å². The smallest absolute Gasteiger partial charge is 0.475 e. The van der Waals surface area contributed by atoms with Gasteiger partial charge < -0.3 is 25.0 Å². The van der Waals surface area contributed by atoms with E-state index in [0.29, 0.717) is 25.4 Å². The molecule has 0 saturated carbocycles. The Morgan fingerprint density at radius 2 is 1.91 bits per heavy atom. The van der Waals surface area contributed by atoms with Crippen LogP contribution in [0.4, 0.5) is 13.2 Å². The van der Waals surface area contributed by atoms with Gasteiger partial charge in [0.15, 0.2) is 11.5 Å². The number of carboxylic acid groups (broad SMARTS) is 1. The monoisotopic (exact) mass is 462 g/mol. The maximum absolute atomic E-state index is 12.2. The van der Waals surface area contributed by atoms with Crippen molar-refractivity contribution in [2.75, 3.05) is 39.8 Å². The van der Waals surface area contributed by atoms with Crippen molar-refractivity contribution in [3.05, 3.63) is 35.5 Å². The van der Waals surface area contributed by atoms with Gasteiger partial charge in [0.2, 0.25) is 0 Å². The van der Waals surface area contributed by atoms with Crippen LogP contribution in [0.3, 0.4) is 0 Å². The molecular weight excluding hydrogens is 437 g/mol. The highest BCUT2D eigenvalue weighted by molar-refractivity contribution is 5.92. The van der Waals surface area contributed by atoms with Gasteiger partial charge in [0.25, 0.3) is 5.91 Å². The number of aliphatic hydroxyl groups is 1. The molecule has 3 rings (SSSR count). The van der Waals surface area contributed by atoms with Gasteiger partial charge in [-0.05, 0) is 7.05 Å². The van der Waals surface area contributed by atoms with Gasteiger partial charge in [-0.3, -0.25) is 14.4 Å². The minimum atomic E-state index is -5.08. The number of likely N-dealkylation sites (N-methyl/N-ethyl adjacent to an activating group) is 1. The zero-order valence-electron chi connectivity index (χ0n) is 17.4. The summed E-state index contributed by atoms with van der Waals surface area (Å²) in [5, 5.41) is 26.8. The third-order valence-electron chi connectivity index (χ3n) is 4.48. The average molecular weight is 462 g/mol. The standard InChI is InChI=1S/C16H24N6O3.C2HF3O2/c1-20-2-4-21(5-3-20)12-14-8-15(19-25-14)16(24)17-9-13-10-18-22(11-13)6-7-23;3-2(4,5)1(6)7/h8,10-11,23H,2-7,9,12H2,1H3,(H,17,24);(H,6,7). The number of hydrogen-bond acceptors (Lipinski definition) is 8. The first-order chi connectivity index (χ1) is 15.1. The first-order valence-electron chi connectivity index (χ1n) is 9.65. The van der Waals surface area contributed by atoms with Crippen LogP contribution >= 0.6 is 0 Å². The number of carboxylic acids is 1. The first-order valence-corrected chi connectivity index (χ1v) is 9.65. The molecule has 0 atom stereocenters. The molecule has 11 nitrogen and oxygen atoms in total. The van der Waals surface area contributed by atoms with E-state index in [4.69, 9.17) is 19.5 Å². The zero-order valence-corrected chi connectivity index (χ0v) is 17.4. The maximum Gasteiger partial charge on any atom is 0.490 e. The van der Waals surface area contributed by atoms with Crippen molar-refractivity contribution in [1.29, 1.82) is 0 Å². The van der Waals surface area contributed by atoms with Crippen molar-refractivity contribution < 1.29 is 37.5 Å². The molecule has 0 spiro atoms. The van der Waals surface area contributed by atoms with E-state index in [1.807, 2.05) is 0 Å². The van der Waals surface area contributed by atoms with E-state index in [9.17, 15) is 18.0 Å². The summed E-state index contributed by atoms with van der Waals surface area (Å²) in [5.41, 5.74) is 1.15. The van der Waals surface area contributed by atoms with E-state index in [1.54, 1.807) is 23.1 Å². The average Bonchev–Trinajstić information content (AvgIpc) is 3.38. The molecule has 0 aromatic carbocycles. The van der Waals surface area contributed by atoms with Crippen LogP contribution in [0, 0.1) is 0 Å². The minimum Gasteiger partial charge on any atom is -0.475 e. The summed E-state index contributed by atoms with van der Waals surface area (Å²) in [6, 6.07) is 1.70. The highest BCUT2D eigenvalue weighted by Gasteiger charge is 2.38. The molecule has 0 bridgehead atoms. The Bertz CT molecular complexity index is 877. The van der Waals surface area contributed by atoms with Crippen LogP contribution in [0.2, 0.25) is 0 Å². The number of carbonyl (C=O) groups is 2. The number of nitrogens with zero attached hydrogens (tertiary/aromatic N) is 5. The largest absolute Gasteiger partial charge is 0.490 e. The SMILES string of the molecule is CN1CCN(Cc2cc(C(=O)NCc3cnn(CCO)c3)no2)CC1.O=C(O)C(F)(F)F. The summed E-state index contributed by atoms with van der Waals surface area (Å²) in [5.74, 6) is -2.33. The van der Waals surface area contributed by atoms with Crippen LogP contribution in [0.5, 0.6) is 0 Å². The van der Waals surface area contributed by atoms with E-state index in [0.717, 1.165) is 31.7 Å². The van der Waals surface area contributed by atoms with Crippen LogP contribution in [0.25, 0.3) is 0 Å². The number of piperazine rings is 1. The fourth-order valence-corrected chi connectivity index (χ4v) is 2.72. The summed E-state index contributed by atoms with van der Waals surface area (Å²) in [4.78, 5) is 25.7. The van der Waals surface area contributed by atoms with Crippen LogP contribution in [-0.2, 0) is 24.4 Å². The van der Waals surface area contributed by atoms with Crippen molar-refractivity contribution in [2.45, 2.75) is 25.8 Å². The molecule has 2 aromatic rings. The molecule has 0 unspecified atom stereocenters. The number of amides is 1. The second-order valence-electron chi connectivity index (χ2n) is 7.08. The number of aromatic nitrogens is 3. The third kappa shape index (κ3) is 8.28. The van der Waals surface area contributed by atoms with Crippen LogP contribution in [0.1, 0.15) is 21.8 Å². The number of hydrogen-bond donors (Lipinski definition) is 3. The summed E-state index contributed by atoms with van der Waals surface area (Å²) in [6.07, 6.45) is -1.63. The molecule has 1 aliphatic heterocycles. The fraction of sp³-hybridized carbons (Fsp3) is 0.556. The fourth-order valence-electron chi connectivity index (χ4n) is 2.72. The van der Waals surface area contributed by atoms with Gasteiger partial charge in [0, 0.05) is 50.6 Å². The van der Waals surface area contributed by atoms with E-state index in [-0.39, 0.29) is 18.2 Å². The third-order valence-corrected chi connectivity index (χ3v) is 4.48. The lowest BCUT2D eigenvalue weighted by atomic mass is 10.3. The number of halogens is 3. The Morgan fingerprint density at radius 3 is 2.50 bits per heavy atom. The molecule has 1 amide bonds. The van der Waals surface area contributed by atoms with E-state index in [1.165, 1.54) is 0 Å². The molecular formula is C18H25F3N6O5. The minimum absolute atomic E-state index is 0.0303. The topological polar surface area (TPSA) is 137 Å². The lowest BCUT2D eigenvalue weighted by molar-refractivity contribution is -0.192. The molecule has 1 fully saturated rings. The summed E-state index contributed by atoms with van der Waals surface area (Å²) in [6.45, 7) is 5.52. The first kappa shape index (κ1) is 25.3. The molecule has 178 valence electrons. The van der Waals surface area contributed by atoms with E-state index >= 15 is 0 Å². The number of alkyl halides is 3. The number of aliphatic carboxylic acids is 1. The van der Waals surface area contributed by atoms with E-state index in [2.05, 4.69) is 32.4 Å². The quantitative estimate of drug-likeness (QED) is 0.526. The maximum atomic E-state index is 12.2. The van der Waals surface area contributed by atoms with Crippen LogP contribution in [0.15, 0.2) is 23.0 Å². The lowest BCUT2D eigenvalue weighted by Gasteiger charge is -2.31. The molecule has 1 aliphatic rings. The second-order valence-corrected chi connectivity index (χ2v) is 7.08. The molecule has 3 heterocycles. The normalized spacial score (nSPS) is 15.2. The van der Waals surface area contributed by atoms with Crippen molar-refractivity contribution in [1.82, 2.24) is 30.1 Å². The van der Waals surface area contributed by atoms with Crippen molar-refractivity contribution >= 4 is 11.9 Å². The Balaban J connectivity index is 0.000000451. The van der Waals surface area contributed by atoms with Gasteiger partial charge in [-0.1, -0.05) is 5.16 Å². The summed E-state index contributed by atoms with van der Waals surface area (Å²) < 4.78 is 38.7. The highest BCUT2D eigenvalue weighted by Crippen LogP contribution is 2.13. The molecule has 0 aliphatic carbocycles. The van der Waals surface area contributed by atoms with Crippen LogP contribution < -0.4 is 5.32 Å². The van der Waals surface area contributed by atoms with Gasteiger partial charge in [0.1, 0.15) is 0 Å². The predicted molar refractivity (Wildman–Crippen MR) is 103 cm³/mol. The summed E-state index contributed by atoms with van der Waals surface area (Å²) >= 11 is 0. The van der Waals surface area contributed by atoms with Gasteiger partial charge in [-0.25, -0.2) is 4.79 Å². The predicted octanol–water partition coefficient (Wildman–Crippen LogP) is 0.174. The molecule has 0 radical (unpaired) electrons. The Morgan fingerprint density at radius 1 is 1.25 bits per heavy atom. The molecule has 32 heavy (non-hydrogen) atoms. The zero-order chi connectivity index (χ0) is 23.7.